The molecule has 2 aromatic rings. The van der Waals surface area contributed by atoms with Gasteiger partial charge in [-0.3, -0.25) is 4.79 Å². The molecule has 0 aromatic heterocycles. The molecule has 0 saturated carbocycles. The number of halogens is 1. The summed E-state index contributed by atoms with van der Waals surface area (Å²) < 4.78 is 5.28. The van der Waals surface area contributed by atoms with Gasteiger partial charge in [-0.05, 0) is 75.4 Å². The quantitative estimate of drug-likeness (QED) is 0.326. The van der Waals surface area contributed by atoms with E-state index in [9.17, 15) is 9.59 Å². The molecule has 0 N–H and O–H groups in total. The van der Waals surface area contributed by atoms with Gasteiger partial charge >= 0.3 is 5.97 Å². The molecule has 0 radical (unpaired) electrons. The number of hydrogen-bond donors (Lipinski definition) is 0. The van der Waals surface area contributed by atoms with Crippen LogP contribution in [0.2, 0.25) is 5.02 Å². The predicted octanol–water partition coefficient (Wildman–Crippen LogP) is 5.34. The third-order valence-electron chi connectivity index (χ3n) is 5.19. The molecule has 0 spiro atoms. The molecule has 1 saturated heterocycles. The van der Waals surface area contributed by atoms with Crippen molar-refractivity contribution in [3.63, 3.8) is 0 Å². The number of anilines is 1. The second-order valence-electron chi connectivity index (χ2n) is 9.22. The minimum atomic E-state index is -0.531. The summed E-state index contributed by atoms with van der Waals surface area (Å²) in [5, 5.41) is 0.553. The van der Waals surface area contributed by atoms with Crippen LogP contribution in [0.4, 0.5) is 5.69 Å². The van der Waals surface area contributed by atoms with Crippen molar-refractivity contribution >= 4 is 41.2 Å². The molecule has 33 heavy (non-hydrogen) atoms. The highest BCUT2D eigenvalue weighted by atomic mass is 35.5. The maximum Gasteiger partial charge on any atom is 0.331 e. The number of rotatable bonds is 6. The Morgan fingerprint density at radius 1 is 0.939 bits per heavy atom. The number of ether oxygens (including phenoxy) is 1. The fourth-order valence-corrected chi connectivity index (χ4v) is 3.73. The Balaban J connectivity index is 1.69. The summed E-state index contributed by atoms with van der Waals surface area (Å²) >= 11 is 6.32. The van der Waals surface area contributed by atoms with Crippen molar-refractivity contribution < 1.29 is 14.3 Å². The number of piperazine rings is 1. The molecule has 0 amide bonds. The van der Waals surface area contributed by atoms with Crippen molar-refractivity contribution in [1.82, 2.24) is 4.90 Å². The van der Waals surface area contributed by atoms with Crippen LogP contribution in [0.5, 0.6) is 0 Å². The summed E-state index contributed by atoms with van der Waals surface area (Å²) in [5.41, 5.74) is 2.71. The summed E-state index contributed by atoms with van der Waals surface area (Å²) in [5.74, 6) is -0.502. The molecule has 0 bridgehead atoms. The molecule has 1 aliphatic heterocycles. The second kappa shape index (κ2) is 10.8. The molecule has 0 atom stereocenters. The molecular weight excluding hydrogens is 436 g/mol. The van der Waals surface area contributed by atoms with Crippen LogP contribution in [0.25, 0.3) is 12.2 Å². The Morgan fingerprint density at radius 2 is 1.58 bits per heavy atom. The van der Waals surface area contributed by atoms with E-state index in [1.807, 2.05) is 57.2 Å². The first kappa shape index (κ1) is 24.7. The van der Waals surface area contributed by atoms with E-state index >= 15 is 0 Å². The highest BCUT2D eigenvalue weighted by Gasteiger charge is 2.16. The average molecular weight is 467 g/mol. The Kier molecular flexibility index (Phi) is 8.11. The van der Waals surface area contributed by atoms with Gasteiger partial charge in [0.05, 0.1) is 0 Å². The van der Waals surface area contributed by atoms with Crippen LogP contribution in [0.1, 0.15) is 42.3 Å². The fraction of sp³-hybridized carbons (Fsp3) is 0.333. The van der Waals surface area contributed by atoms with Crippen molar-refractivity contribution in [1.29, 1.82) is 0 Å². The maximum absolute atomic E-state index is 12.8. The number of allylic oxidation sites excluding steroid dienone is 1. The van der Waals surface area contributed by atoms with Crippen LogP contribution in [0, 0.1) is 0 Å². The molecular formula is C27H31ClN2O3. The molecule has 2 aromatic carbocycles. The van der Waals surface area contributed by atoms with E-state index in [-0.39, 0.29) is 5.78 Å². The third kappa shape index (κ3) is 7.88. The maximum atomic E-state index is 12.8. The number of hydrogen-bond acceptors (Lipinski definition) is 5. The number of carbonyl (C=O) groups excluding carboxylic acids is 2. The smallest absolute Gasteiger partial charge is 0.331 e. The molecule has 6 heteroatoms. The minimum Gasteiger partial charge on any atom is -0.457 e. The first-order chi connectivity index (χ1) is 15.6. The van der Waals surface area contributed by atoms with E-state index in [0.29, 0.717) is 10.6 Å². The Morgan fingerprint density at radius 3 is 2.21 bits per heavy atom. The number of carbonyl (C=O) groups is 2. The lowest BCUT2D eigenvalue weighted by Crippen LogP contribution is -2.44. The zero-order valence-corrected chi connectivity index (χ0v) is 20.4. The van der Waals surface area contributed by atoms with E-state index < -0.39 is 11.6 Å². The SMILES string of the molecule is CN1CCN(c2cc(Cl)cc(C(=O)C=Cc3cccc(C=CC(=O)OC(C)(C)C)c3)c2)CC1. The molecule has 5 nitrogen and oxygen atoms in total. The van der Waals surface area contributed by atoms with Gasteiger partial charge < -0.3 is 14.5 Å². The minimum absolute atomic E-state index is 0.109. The Hall–Kier alpha value is -2.89. The number of esters is 1. The van der Waals surface area contributed by atoms with Gasteiger partial charge in [-0.1, -0.05) is 35.9 Å². The molecule has 1 heterocycles. The molecule has 0 unspecified atom stereocenters. The van der Waals surface area contributed by atoms with Gasteiger partial charge in [0, 0.05) is 48.5 Å². The van der Waals surface area contributed by atoms with Gasteiger partial charge in [-0.15, -0.1) is 0 Å². The summed E-state index contributed by atoms with van der Waals surface area (Å²) in [4.78, 5) is 29.3. The van der Waals surface area contributed by atoms with Gasteiger partial charge in [-0.2, -0.15) is 0 Å². The molecule has 3 rings (SSSR count). The van der Waals surface area contributed by atoms with Crippen molar-refractivity contribution in [2.24, 2.45) is 0 Å². The lowest BCUT2D eigenvalue weighted by molar-refractivity contribution is -0.148. The highest BCUT2D eigenvalue weighted by Crippen LogP contribution is 2.24. The molecule has 1 aliphatic rings. The van der Waals surface area contributed by atoms with Crippen molar-refractivity contribution in [3.05, 3.63) is 76.3 Å². The van der Waals surface area contributed by atoms with Gasteiger partial charge in [0.15, 0.2) is 5.78 Å². The third-order valence-corrected chi connectivity index (χ3v) is 5.41. The predicted molar refractivity (Wildman–Crippen MR) is 136 cm³/mol. The van der Waals surface area contributed by atoms with Crippen LogP contribution in [0.15, 0.2) is 54.6 Å². The normalized spacial score (nSPS) is 15.4. The van der Waals surface area contributed by atoms with E-state index in [2.05, 4.69) is 16.8 Å². The second-order valence-corrected chi connectivity index (χ2v) is 9.66. The average Bonchev–Trinajstić information content (AvgIpc) is 2.75. The van der Waals surface area contributed by atoms with Gasteiger partial charge in [0.1, 0.15) is 5.60 Å². The summed E-state index contributed by atoms with van der Waals surface area (Å²) in [6, 6.07) is 13.1. The molecule has 174 valence electrons. The fourth-order valence-electron chi connectivity index (χ4n) is 3.50. The first-order valence-corrected chi connectivity index (χ1v) is 11.4. The first-order valence-electron chi connectivity index (χ1n) is 11.1. The lowest BCUT2D eigenvalue weighted by atomic mass is 10.1. The number of ketones is 1. The van der Waals surface area contributed by atoms with E-state index in [0.717, 1.165) is 43.0 Å². The summed E-state index contributed by atoms with van der Waals surface area (Å²) in [6.45, 7) is 9.26. The van der Waals surface area contributed by atoms with E-state index in [1.54, 1.807) is 24.3 Å². The van der Waals surface area contributed by atoms with Crippen LogP contribution < -0.4 is 4.90 Å². The zero-order chi connectivity index (χ0) is 24.0. The van der Waals surface area contributed by atoms with Crippen LogP contribution in [0.3, 0.4) is 0 Å². The summed E-state index contributed by atoms with van der Waals surface area (Å²) in [7, 11) is 2.11. The van der Waals surface area contributed by atoms with E-state index in [4.69, 9.17) is 16.3 Å². The topological polar surface area (TPSA) is 49.9 Å². The Bertz CT molecular complexity index is 1060. The van der Waals surface area contributed by atoms with Gasteiger partial charge in [0.2, 0.25) is 0 Å². The largest absolute Gasteiger partial charge is 0.457 e. The van der Waals surface area contributed by atoms with E-state index in [1.165, 1.54) is 6.08 Å². The molecule has 1 fully saturated rings. The lowest BCUT2D eigenvalue weighted by Gasteiger charge is -2.34. The number of likely N-dealkylation sites (N-methyl/N-ethyl adjacent to an activating group) is 1. The van der Waals surface area contributed by atoms with Crippen LogP contribution in [-0.4, -0.2) is 55.5 Å². The number of benzene rings is 2. The van der Waals surface area contributed by atoms with Crippen molar-refractivity contribution in [3.8, 4) is 0 Å². The van der Waals surface area contributed by atoms with Gasteiger partial charge in [0.25, 0.3) is 0 Å². The monoisotopic (exact) mass is 466 g/mol. The standard InChI is InChI=1S/C27H31ClN2O3/c1-27(2,3)33-26(32)11-9-21-7-5-6-20(16-21)8-10-25(31)22-17-23(28)19-24(18-22)30-14-12-29(4)13-15-30/h5-11,16-19H,12-15H2,1-4H3. The van der Waals surface area contributed by atoms with Crippen LogP contribution >= 0.6 is 11.6 Å². The van der Waals surface area contributed by atoms with Gasteiger partial charge in [-0.25, -0.2) is 4.79 Å². The summed E-state index contributed by atoms with van der Waals surface area (Å²) in [6.07, 6.45) is 6.43. The molecule has 0 aliphatic carbocycles. The Labute approximate surface area is 201 Å². The number of nitrogens with zero attached hydrogens (tertiary/aromatic N) is 2. The zero-order valence-electron chi connectivity index (χ0n) is 19.7. The highest BCUT2D eigenvalue weighted by molar-refractivity contribution is 6.31. The van der Waals surface area contributed by atoms with Crippen molar-refractivity contribution in [2.45, 2.75) is 26.4 Å². The van der Waals surface area contributed by atoms with Crippen molar-refractivity contribution in [2.75, 3.05) is 38.1 Å². The van der Waals surface area contributed by atoms with Crippen LogP contribution in [-0.2, 0) is 9.53 Å².